The fraction of sp³-hybridized carbons (Fsp3) is 0.500. The van der Waals surface area contributed by atoms with Crippen LogP contribution in [0.5, 0.6) is 0 Å². The van der Waals surface area contributed by atoms with Crippen molar-refractivity contribution in [1.29, 1.82) is 0 Å². The summed E-state index contributed by atoms with van der Waals surface area (Å²) in [5, 5.41) is 4.35. The van der Waals surface area contributed by atoms with E-state index in [9.17, 15) is 0 Å². The highest BCUT2D eigenvalue weighted by atomic mass is 35.5. The number of halogens is 2. The predicted molar refractivity (Wildman–Crippen MR) is 72.3 cm³/mol. The maximum absolute atomic E-state index is 6.22. The number of nitrogens with zero attached hydrogens (tertiary/aromatic N) is 1. The van der Waals surface area contributed by atoms with E-state index in [1.54, 1.807) is 6.07 Å². The third kappa shape index (κ3) is 3.05. The first-order valence-corrected chi connectivity index (χ1v) is 6.43. The third-order valence-electron chi connectivity index (χ3n) is 2.84. The second-order valence-corrected chi connectivity index (χ2v) is 4.85. The van der Waals surface area contributed by atoms with Gasteiger partial charge in [0.2, 0.25) is 0 Å². The second kappa shape index (κ2) is 5.91. The fourth-order valence-electron chi connectivity index (χ4n) is 2.03. The molecule has 1 heterocycles. The number of benzene rings is 1. The lowest BCUT2D eigenvalue weighted by atomic mass is 10.2. The van der Waals surface area contributed by atoms with E-state index >= 15 is 0 Å². The van der Waals surface area contributed by atoms with E-state index in [-0.39, 0.29) is 6.10 Å². The SMILES string of the molecule is CNCC1CN(c2cccc(Cl)c2Cl)CCO1. The summed E-state index contributed by atoms with van der Waals surface area (Å²) in [5.41, 5.74) is 0.989. The molecule has 1 saturated heterocycles. The molecule has 0 aromatic heterocycles. The maximum Gasteiger partial charge on any atom is 0.0874 e. The van der Waals surface area contributed by atoms with Crippen LogP contribution in [0.25, 0.3) is 0 Å². The summed E-state index contributed by atoms with van der Waals surface area (Å²) >= 11 is 12.2. The van der Waals surface area contributed by atoms with Crippen molar-refractivity contribution in [2.24, 2.45) is 0 Å². The van der Waals surface area contributed by atoms with Crippen molar-refractivity contribution in [2.75, 3.05) is 38.2 Å². The van der Waals surface area contributed by atoms with Gasteiger partial charge in [0, 0.05) is 19.6 Å². The molecule has 0 radical (unpaired) electrons. The molecule has 5 heteroatoms. The van der Waals surface area contributed by atoms with Gasteiger partial charge in [0.1, 0.15) is 0 Å². The topological polar surface area (TPSA) is 24.5 Å². The summed E-state index contributed by atoms with van der Waals surface area (Å²) in [7, 11) is 1.93. The minimum absolute atomic E-state index is 0.198. The molecule has 1 unspecified atom stereocenters. The van der Waals surface area contributed by atoms with Crippen LogP contribution < -0.4 is 10.2 Å². The van der Waals surface area contributed by atoms with Crippen LogP contribution in [0.15, 0.2) is 18.2 Å². The minimum Gasteiger partial charge on any atom is -0.373 e. The normalized spacial score (nSPS) is 20.6. The highest BCUT2D eigenvalue weighted by Crippen LogP contribution is 2.33. The first kappa shape index (κ1) is 13.0. The molecule has 2 rings (SSSR count). The summed E-state index contributed by atoms with van der Waals surface area (Å²) in [6, 6.07) is 5.72. The van der Waals surface area contributed by atoms with Crippen LogP contribution in [-0.2, 0) is 4.74 Å². The van der Waals surface area contributed by atoms with Crippen molar-refractivity contribution in [3.05, 3.63) is 28.2 Å². The molecule has 1 aliphatic rings. The quantitative estimate of drug-likeness (QED) is 0.916. The molecular formula is C12H16Cl2N2O. The number of anilines is 1. The van der Waals surface area contributed by atoms with Crippen molar-refractivity contribution in [3.63, 3.8) is 0 Å². The predicted octanol–water partition coefficient (Wildman–Crippen LogP) is 2.42. The van der Waals surface area contributed by atoms with Crippen LogP contribution >= 0.6 is 23.2 Å². The Hall–Kier alpha value is -0.480. The lowest BCUT2D eigenvalue weighted by Crippen LogP contribution is -2.46. The standard InChI is InChI=1S/C12H16Cl2N2O/c1-15-7-9-8-16(5-6-17-9)11-4-2-3-10(13)12(11)14/h2-4,9,15H,5-8H2,1H3. The number of morpholine rings is 1. The zero-order valence-electron chi connectivity index (χ0n) is 9.75. The van der Waals surface area contributed by atoms with Crippen molar-refractivity contribution in [2.45, 2.75) is 6.10 Å². The molecule has 0 amide bonds. The van der Waals surface area contributed by atoms with Crippen LogP contribution in [0.1, 0.15) is 0 Å². The van der Waals surface area contributed by atoms with E-state index in [0.29, 0.717) is 10.0 Å². The molecule has 1 N–H and O–H groups in total. The zero-order valence-corrected chi connectivity index (χ0v) is 11.3. The van der Waals surface area contributed by atoms with E-state index in [1.807, 2.05) is 19.2 Å². The van der Waals surface area contributed by atoms with Gasteiger partial charge in [0.25, 0.3) is 0 Å². The first-order chi connectivity index (χ1) is 8.22. The smallest absolute Gasteiger partial charge is 0.0874 e. The number of rotatable bonds is 3. The van der Waals surface area contributed by atoms with E-state index in [0.717, 1.165) is 31.9 Å². The Balaban J connectivity index is 2.13. The highest BCUT2D eigenvalue weighted by Gasteiger charge is 2.22. The number of nitrogens with one attached hydrogen (secondary N) is 1. The van der Waals surface area contributed by atoms with Crippen molar-refractivity contribution < 1.29 is 4.74 Å². The van der Waals surface area contributed by atoms with Gasteiger partial charge < -0.3 is 15.0 Å². The van der Waals surface area contributed by atoms with Gasteiger partial charge >= 0.3 is 0 Å². The molecule has 1 aromatic carbocycles. The summed E-state index contributed by atoms with van der Waals surface area (Å²) in [5.74, 6) is 0. The number of hydrogen-bond donors (Lipinski definition) is 1. The number of likely N-dealkylation sites (N-methyl/N-ethyl adjacent to an activating group) is 1. The summed E-state index contributed by atoms with van der Waals surface area (Å²) in [6.07, 6.45) is 0.198. The fourth-order valence-corrected chi connectivity index (χ4v) is 2.44. The largest absolute Gasteiger partial charge is 0.373 e. The molecule has 1 aliphatic heterocycles. The molecule has 1 atom stereocenters. The average molecular weight is 275 g/mol. The maximum atomic E-state index is 6.22. The van der Waals surface area contributed by atoms with Gasteiger partial charge in [0.15, 0.2) is 0 Å². The van der Waals surface area contributed by atoms with Crippen molar-refractivity contribution in [1.82, 2.24) is 5.32 Å². The van der Waals surface area contributed by atoms with Crippen LogP contribution in [0.2, 0.25) is 10.0 Å². The molecule has 1 aromatic rings. The molecule has 0 saturated carbocycles. The van der Waals surface area contributed by atoms with Gasteiger partial charge in [0.05, 0.1) is 28.4 Å². The second-order valence-electron chi connectivity index (χ2n) is 4.07. The van der Waals surface area contributed by atoms with Gasteiger partial charge in [-0.1, -0.05) is 29.3 Å². The first-order valence-electron chi connectivity index (χ1n) is 5.67. The molecule has 0 spiro atoms. The van der Waals surface area contributed by atoms with Gasteiger partial charge in [-0.25, -0.2) is 0 Å². The molecule has 3 nitrogen and oxygen atoms in total. The minimum atomic E-state index is 0.198. The van der Waals surface area contributed by atoms with Crippen LogP contribution in [0, 0.1) is 0 Å². The van der Waals surface area contributed by atoms with Crippen molar-refractivity contribution in [3.8, 4) is 0 Å². The summed E-state index contributed by atoms with van der Waals surface area (Å²) in [6.45, 7) is 3.24. The monoisotopic (exact) mass is 274 g/mol. The lowest BCUT2D eigenvalue weighted by molar-refractivity contribution is 0.0422. The van der Waals surface area contributed by atoms with Crippen LogP contribution in [0.3, 0.4) is 0 Å². The Morgan fingerprint density at radius 3 is 3.06 bits per heavy atom. The molecule has 94 valence electrons. The molecule has 17 heavy (non-hydrogen) atoms. The van der Waals surface area contributed by atoms with Gasteiger partial charge in [-0.3, -0.25) is 0 Å². The Kier molecular flexibility index (Phi) is 4.51. The highest BCUT2D eigenvalue weighted by molar-refractivity contribution is 6.43. The molecule has 1 fully saturated rings. The van der Waals surface area contributed by atoms with E-state index in [2.05, 4.69) is 10.2 Å². The van der Waals surface area contributed by atoms with E-state index in [1.165, 1.54) is 0 Å². The average Bonchev–Trinajstić information content (AvgIpc) is 2.33. The lowest BCUT2D eigenvalue weighted by Gasteiger charge is -2.35. The van der Waals surface area contributed by atoms with Crippen LogP contribution in [0.4, 0.5) is 5.69 Å². The molecular weight excluding hydrogens is 259 g/mol. The molecule has 0 bridgehead atoms. The zero-order chi connectivity index (χ0) is 12.3. The molecule has 0 aliphatic carbocycles. The Bertz CT molecular complexity index is 385. The van der Waals surface area contributed by atoms with Gasteiger partial charge in [-0.2, -0.15) is 0 Å². The number of ether oxygens (including phenoxy) is 1. The Morgan fingerprint density at radius 2 is 2.29 bits per heavy atom. The summed E-state index contributed by atoms with van der Waals surface area (Å²) in [4.78, 5) is 2.22. The third-order valence-corrected chi connectivity index (χ3v) is 3.65. The van der Waals surface area contributed by atoms with Gasteiger partial charge in [-0.05, 0) is 19.2 Å². The summed E-state index contributed by atoms with van der Waals surface area (Å²) < 4.78 is 5.66. The Morgan fingerprint density at radius 1 is 1.47 bits per heavy atom. The van der Waals surface area contributed by atoms with E-state index < -0.39 is 0 Å². The van der Waals surface area contributed by atoms with Crippen LogP contribution in [-0.4, -0.2) is 39.4 Å². The van der Waals surface area contributed by atoms with Crippen molar-refractivity contribution >= 4 is 28.9 Å². The Labute approximate surface area is 112 Å². The number of hydrogen-bond acceptors (Lipinski definition) is 3. The van der Waals surface area contributed by atoms with E-state index in [4.69, 9.17) is 27.9 Å². The van der Waals surface area contributed by atoms with Gasteiger partial charge in [-0.15, -0.1) is 0 Å².